The zero-order valence-corrected chi connectivity index (χ0v) is 16.3. The molecule has 1 aromatic rings. The molecule has 0 radical (unpaired) electrons. The van der Waals surface area contributed by atoms with Crippen LogP contribution in [0.5, 0.6) is 5.75 Å². The van der Waals surface area contributed by atoms with Crippen LogP contribution in [0.1, 0.15) is 44.2 Å². The molecular formula is C21H30N2O4. The number of ether oxygens (including phenoxy) is 2. The van der Waals surface area contributed by atoms with Crippen molar-refractivity contribution in [3.63, 3.8) is 0 Å². The summed E-state index contributed by atoms with van der Waals surface area (Å²) in [5.74, 6) is 1.35. The van der Waals surface area contributed by atoms with E-state index in [1.54, 1.807) is 7.11 Å². The molecule has 148 valence electrons. The van der Waals surface area contributed by atoms with Gasteiger partial charge in [-0.25, -0.2) is 0 Å². The van der Waals surface area contributed by atoms with Crippen LogP contribution in [-0.2, 0) is 14.3 Å². The second-order valence-corrected chi connectivity index (χ2v) is 7.38. The average Bonchev–Trinajstić information content (AvgIpc) is 3.54. The molecule has 1 heterocycles. The van der Waals surface area contributed by atoms with E-state index >= 15 is 0 Å². The normalized spacial score (nSPS) is 18.8. The number of methoxy groups -OCH3 is 1. The summed E-state index contributed by atoms with van der Waals surface area (Å²) >= 11 is 0. The van der Waals surface area contributed by atoms with Gasteiger partial charge < -0.3 is 19.7 Å². The highest BCUT2D eigenvalue weighted by molar-refractivity contribution is 5.79. The summed E-state index contributed by atoms with van der Waals surface area (Å²) < 4.78 is 10.3. The van der Waals surface area contributed by atoms with Gasteiger partial charge in [-0.3, -0.25) is 9.59 Å². The van der Waals surface area contributed by atoms with Gasteiger partial charge in [0.15, 0.2) is 0 Å². The summed E-state index contributed by atoms with van der Waals surface area (Å²) in [4.78, 5) is 26.3. The molecule has 1 aromatic carbocycles. The summed E-state index contributed by atoms with van der Waals surface area (Å²) in [5, 5.41) is 3.46. The molecule has 6 heteroatoms. The van der Waals surface area contributed by atoms with E-state index < -0.39 is 0 Å². The fourth-order valence-electron chi connectivity index (χ4n) is 3.73. The number of esters is 1. The van der Waals surface area contributed by atoms with Gasteiger partial charge in [0.25, 0.3) is 0 Å². The van der Waals surface area contributed by atoms with Crippen LogP contribution >= 0.6 is 0 Å². The van der Waals surface area contributed by atoms with Crippen molar-refractivity contribution in [1.29, 1.82) is 0 Å². The lowest BCUT2D eigenvalue weighted by atomic mass is 9.97. The Kier molecular flexibility index (Phi) is 6.72. The van der Waals surface area contributed by atoms with Gasteiger partial charge >= 0.3 is 5.97 Å². The SMILES string of the molecule is CCOC(=O)C1CCN(C(=O)CNC(c2ccc(OC)cc2)C2CC2)CC1. The molecule has 1 aliphatic carbocycles. The standard InChI is InChI=1S/C21H30N2O4/c1-3-27-21(25)17-10-12-23(13-11-17)19(24)14-22-20(15-4-5-15)16-6-8-18(26-2)9-7-16/h6-9,15,17,20,22H,3-5,10-14H2,1-2H3. The number of nitrogens with zero attached hydrogens (tertiary/aromatic N) is 1. The Morgan fingerprint density at radius 1 is 1.15 bits per heavy atom. The lowest BCUT2D eigenvalue weighted by molar-refractivity contribution is -0.151. The van der Waals surface area contributed by atoms with E-state index in [1.165, 1.54) is 18.4 Å². The van der Waals surface area contributed by atoms with E-state index in [0.29, 0.717) is 45.0 Å². The molecule has 1 saturated heterocycles. The number of nitrogens with one attached hydrogen (secondary N) is 1. The summed E-state index contributed by atoms with van der Waals surface area (Å²) in [7, 11) is 1.66. The zero-order valence-electron chi connectivity index (χ0n) is 16.3. The first-order chi connectivity index (χ1) is 13.1. The molecular weight excluding hydrogens is 344 g/mol. The maximum atomic E-state index is 12.6. The summed E-state index contributed by atoms with van der Waals surface area (Å²) in [6.07, 6.45) is 3.77. The molecule has 2 aliphatic rings. The summed E-state index contributed by atoms with van der Waals surface area (Å²) in [5.41, 5.74) is 1.20. The molecule has 1 unspecified atom stereocenters. The molecule has 0 aromatic heterocycles. The van der Waals surface area contributed by atoms with Crippen molar-refractivity contribution in [3.8, 4) is 5.75 Å². The number of carbonyl (C=O) groups is 2. The number of piperidine rings is 1. The van der Waals surface area contributed by atoms with Crippen LogP contribution in [-0.4, -0.2) is 50.1 Å². The van der Waals surface area contributed by atoms with Gasteiger partial charge in [0, 0.05) is 19.1 Å². The molecule has 6 nitrogen and oxygen atoms in total. The lowest BCUT2D eigenvalue weighted by Gasteiger charge is -2.31. The Hall–Kier alpha value is -2.08. The third kappa shape index (κ3) is 5.22. The molecule has 2 fully saturated rings. The van der Waals surface area contributed by atoms with Crippen LogP contribution in [0.15, 0.2) is 24.3 Å². The topological polar surface area (TPSA) is 67.9 Å². The molecule has 0 bridgehead atoms. The van der Waals surface area contributed by atoms with E-state index in [2.05, 4.69) is 17.4 Å². The van der Waals surface area contributed by atoms with Crippen LogP contribution in [0.3, 0.4) is 0 Å². The van der Waals surface area contributed by atoms with Gasteiger partial charge in [0.05, 0.1) is 26.2 Å². The van der Waals surface area contributed by atoms with Gasteiger partial charge in [0.1, 0.15) is 5.75 Å². The number of rotatable bonds is 8. The maximum absolute atomic E-state index is 12.6. The predicted molar refractivity (Wildman–Crippen MR) is 102 cm³/mol. The van der Waals surface area contributed by atoms with Crippen molar-refractivity contribution < 1.29 is 19.1 Å². The van der Waals surface area contributed by atoms with E-state index in [1.807, 2.05) is 24.0 Å². The molecule has 1 aliphatic heterocycles. The highest BCUT2D eigenvalue weighted by Gasteiger charge is 2.33. The number of benzene rings is 1. The van der Waals surface area contributed by atoms with Crippen LogP contribution in [0.2, 0.25) is 0 Å². The smallest absolute Gasteiger partial charge is 0.309 e. The van der Waals surface area contributed by atoms with E-state index in [9.17, 15) is 9.59 Å². The predicted octanol–water partition coefficient (Wildman–Crippen LogP) is 2.54. The Balaban J connectivity index is 1.49. The molecule has 1 saturated carbocycles. The molecule has 27 heavy (non-hydrogen) atoms. The fraction of sp³-hybridized carbons (Fsp3) is 0.619. The van der Waals surface area contributed by atoms with Crippen LogP contribution in [0.4, 0.5) is 0 Å². The molecule has 1 amide bonds. The van der Waals surface area contributed by atoms with Crippen molar-refractivity contribution in [2.45, 2.75) is 38.6 Å². The van der Waals surface area contributed by atoms with Gasteiger partial charge in [-0.2, -0.15) is 0 Å². The third-order valence-electron chi connectivity index (χ3n) is 5.51. The first-order valence-corrected chi connectivity index (χ1v) is 9.94. The monoisotopic (exact) mass is 374 g/mol. The van der Waals surface area contributed by atoms with Gasteiger partial charge in [-0.15, -0.1) is 0 Å². The van der Waals surface area contributed by atoms with Gasteiger partial charge in [-0.05, 0) is 56.2 Å². The lowest BCUT2D eigenvalue weighted by Crippen LogP contribution is -2.45. The fourth-order valence-corrected chi connectivity index (χ4v) is 3.73. The quantitative estimate of drug-likeness (QED) is 0.708. The van der Waals surface area contributed by atoms with Crippen molar-refractivity contribution in [3.05, 3.63) is 29.8 Å². The Labute approximate surface area is 161 Å². The van der Waals surface area contributed by atoms with Crippen molar-refractivity contribution in [2.75, 3.05) is 33.4 Å². The van der Waals surface area contributed by atoms with Crippen molar-refractivity contribution in [2.24, 2.45) is 11.8 Å². The molecule has 1 N–H and O–H groups in total. The minimum Gasteiger partial charge on any atom is -0.497 e. The number of hydrogen-bond acceptors (Lipinski definition) is 5. The molecule has 1 atom stereocenters. The van der Waals surface area contributed by atoms with E-state index in [0.717, 1.165) is 5.75 Å². The Bertz CT molecular complexity index is 634. The largest absolute Gasteiger partial charge is 0.497 e. The minimum atomic E-state index is -0.129. The number of likely N-dealkylation sites (tertiary alicyclic amines) is 1. The van der Waals surface area contributed by atoms with Gasteiger partial charge in [0.2, 0.25) is 5.91 Å². The zero-order chi connectivity index (χ0) is 19.2. The first kappa shape index (κ1) is 19.7. The summed E-state index contributed by atoms with van der Waals surface area (Å²) in [6.45, 7) is 3.82. The summed E-state index contributed by atoms with van der Waals surface area (Å²) in [6, 6.07) is 8.29. The van der Waals surface area contributed by atoms with Crippen molar-refractivity contribution >= 4 is 11.9 Å². The van der Waals surface area contributed by atoms with Crippen LogP contribution < -0.4 is 10.1 Å². The van der Waals surface area contributed by atoms with E-state index in [4.69, 9.17) is 9.47 Å². The highest BCUT2D eigenvalue weighted by atomic mass is 16.5. The number of amides is 1. The highest BCUT2D eigenvalue weighted by Crippen LogP contribution is 2.41. The van der Waals surface area contributed by atoms with E-state index in [-0.39, 0.29) is 23.8 Å². The number of carbonyl (C=O) groups excluding carboxylic acids is 2. The average molecular weight is 374 g/mol. The Morgan fingerprint density at radius 3 is 2.37 bits per heavy atom. The molecule has 3 rings (SSSR count). The second kappa shape index (κ2) is 9.22. The van der Waals surface area contributed by atoms with Crippen LogP contribution in [0, 0.1) is 11.8 Å². The Morgan fingerprint density at radius 2 is 1.81 bits per heavy atom. The molecule has 0 spiro atoms. The number of hydrogen-bond donors (Lipinski definition) is 1. The maximum Gasteiger partial charge on any atom is 0.309 e. The first-order valence-electron chi connectivity index (χ1n) is 9.94. The van der Waals surface area contributed by atoms with Gasteiger partial charge in [-0.1, -0.05) is 12.1 Å². The van der Waals surface area contributed by atoms with Crippen LogP contribution in [0.25, 0.3) is 0 Å². The second-order valence-electron chi connectivity index (χ2n) is 7.38. The minimum absolute atomic E-state index is 0.0690. The van der Waals surface area contributed by atoms with Crippen molar-refractivity contribution in [1.82, 2.24) is 10.2 Å². The third-order valence-corrected chi connectivity index (χ3v) is 5.51.